The maximum atomic E-state index is 12.2. The molecule has 0 saturated carbocycles. The van der Waals surface area contributed by atoms with E-state index in [0.717, 1.165) is 12.1 Å². The van der Waals surface area contributed by atoms with Crippen LogP contribution in [0, 0.1) is 0 Å². The van der Waals surface area contributed by atoms with Crippen molar-refractivity contribution < 1.29 is 17.9 Å². The Bertz CT molecular complexity index is 917. The Labute approximate surface area is 142 Å². The van der Waals surface area contributed by atoms with Crippen molar-refractivity contribution in [3.8, 4) is 16.9 Å². The highest BCUT2D eigenvalue weighted by molar-refractivity contribution is 5.83. The highest BCUT2D eigenvalue weighted by atomic mass is 19.4. The van der Waals surface area contributed by atoms with E-state index in [1.807, 2.05) is 24.3 Å². The number of nitrogens with one attached hydrogen (secondary N) is 1. The first kappa shape index (κ1) is 15.6. The second kappa shape index (κ2) is 5.84. The van der Waals surface area contributed by atoms with Gasteiger partial charge < -0.3 is 10.1 Å². The topological polar surface area (TPSA) is 21.3 Å². The predicted molar refractivity (Wildman–Crippen MR) is 91.1 cm³/mol. The van der Waals surface area contributed by atoms with Crippen molar-refractivity contribution in [1.82, 2.24) is 0 Å². The first-order chi connectivity index (χ1) is 12.0. The van der Waals surface area contributed by atoms with Gasteiger partial charge in [0, 0.05) is 17.8 Å². The zero-order valence-corrected chi connectivity index (χ0v) is 13.1. The quantitative estimate of drug-likeness (QED) is 0.501. The Hall–Kier alpha value is -2.95. The number of hydrogen-bond acceptors (Lipinski definition) is 2. The van der Waals surface area contributed by atoms with Crippen molar-refractivity contribution >= 4 is 11.4 Å². The summed E-state index contributed by atoms with van der Waals surface area (Å²) >= 11 is 0. The van der Waals surface area contributed by atoms with Crippen LogP contribution in [0.25, 0.3) is 11.1 Å². The van der Waals surface area contributed by atoms with Crippen LogP contribution in [-0.4, -0.2) is 6.36 Å². The van der Waals surface area contributed by atoms with Gasteiger partial charge in [-0.25, -0.2) is 0 Å². The molecule has 0 unspecified atom stereocenters. The van der Waals surface area contributed by atoms with Gasteiger partial charge in [0.2, 0.25) is 0 Å². The molecule has 25 heavy (non-hydrogen) atoms. The lowest BCUT2D eigenvalue weighted by Crippen LogP contribution is -2.16. The first-order valence-electron chi connectivity index (χ1n) is 7.83. The minimum atomic E-state index is -4.68. The van der Waals surface area contributed by atoms with Gasteiger partial charge in [-0.2, -0.15) is 0 Å². The molecule has 0 aromatic heterocycles. The van der Waals surface area contributed by atoms with E-state index in [1.165, 1.54) is 34.4 Å². The van der Waals surface area contributed by atoms with E-state index < -0.39 is 6.36 Å². The van der Waals surface area contributed by atoms with Crippen molar-refractivity contribution in [2.24, 2.45) is 0 Å². The summed E-state index contributed by atoms with van der Waals surface area (Å²) < 4.78 is 40.6. The zero-order valence-electron chi connectivity index (χ0n) is 13.1. The smallest absolute Gasteiger partial charge is 0.406 e. The van der Waals surface area contributed by atoms with Gasteiger partial charge in [0.05, 0.1) is 0 Å². The van der Waals surface area contributed by atoms with Gasteiger partial charge in [0.25, 0.3) is 0 Å². The fourth-order valence-corrected chi connectivity index (χ4v) is 3.17. The van der Waals surface area contributed by atoms with E-state index in [0.29, 0.717) is 5.69 Å². The monoisotopic (exact) mass is 341 g/mol. The SMILES string of the molecule is FC(F)(F)Oc1ccc(Nc2cccc3c2Cc2ccccc2-3)cc1. The van der Waals surface area contributed by atoms with Crippen molar-refractivity contribution in [3.05, 3.63) is 77.9 Å². The highest BCUT2D eigenvalue weighted by Crippen LogP contribution is 2.40. The van der Waals surface area contributed by atoms with Gasteiger partial charge in [-0.3, -0.25) is 0 Å². The number of fused-ring (bicyclic) bond motifs is 3. The summed E-state index contributed by atoms with van der Waals surface area (Å²) in [6, 6.07) is 20.1. The molecule has 0 heterocycles. The molecule has 0 saturated heterocycles. The number of benzene rings is 3. The van der Waals surface area contributed by atoms with Gasteiger partial charge in [0.1, 0.15) is 5.75 Å². The molecule has 1 N–H and O–H groups in total. The van der Waals surface area contributed by atoms with Crippen LogP contribution < -0.4 is 10.1 Å². The minimum absolute atomic E-state index is 0.233. The summed E-state index contributed by atoms with van der Waals surface area (Å²) in [4.78, 5) is 0. The summed E-state index contributed by atoms with van der Waals surface area (Å²) in [5.74, 6) is -0.233. The lowest BCUT2D eigenvalue weighted by Gasteiger charge is -2.13. The van der Waals surface area contributed by atoms with E-state index in [9.17, 15) is 13.2 Å². The molecule has 1 aliphatic rings. The number of alkyl halides is 3. The molecule has 3 aromatic rings. The highest BCUT2D eigenvalue weighted by Gasteiger charge is 2.31. The summed E-state index contributed by atoms with van der Waals surface area (Å²) in [6.45, 7) is 0. The number of anilines is 2. The summed E-state index contributed by atoms with van der Waals surface area (Å²) in [5.41, 5.74) is 6.56. The fraction of sp³-hybridized carbons (Fsp3) is 0.100. The lowest BCUT2D eigenvalue weighted by atomic mass is 10.0. The first-order valence-corrected chi connectivity index (χ1v) is 7.83. The zero-order chi connectivity index (χ0) is 17.4. The van der Waals surface area contributed by atoms with Gasteiger partial charge >= 0.3 is 6.36 Å². The summed E-state index contributed by atoms with van der Waals surface area (Å²) in [7, 11) is 0. The summed E-state index contributed by atoms with van der Waals surface area (Å²) in [6.07, 6.45) is -3.84. The lowest BCUT2D eigenvalue weighted by molar-refractivity contribution is -0.274. The largest absolute Gasteiger partial charge is 0.573 e. The maximum Gasteiger partial charge on any atom is 0.573 e. The predicted octanol–water partition coefficient (Wildman–Crippen LogP) is 5.90. The Morgan fingerprint density at radius 1 is 0.800 bits per heavy atom. The van der Waals surface area contributed by atoms with Crippen LogP contribution in [0.3, 0.4) is 0 Å². The minimum Gasteiger partial charge on any atom is -0.406 e. The van der Waals surface area contributed by atoms with Crippen LogP contribution in [0.4, 0.5) is 24.5 Å². The molecule has 0 atom stereocenters. The number of rotatable bonds is 3. The van der Waals surface area contributed by atoms with Gasteiger partial charge in [-0.15, -0.1) is 13.2 Å². The Balaban J connectivity index is 1.59. The summed E-state index contributed by atoms with van der Waals surface area (Å²) in [5, 5.41) is 3.29. The molecule has 2 nitrogen and oxygen atoms in total. The molecule has 126 valence electrons. The van der Waals surface area contributed by atoms with Crippen LogP contribution in [0.1, 0.15) is 11.1 Å². The van der Waals surface area contributed by atoms with E-state index in [1.54, 1.807) is 12.1 Å². The number of ether oxygens (including phenoxy) is 1. The molecule has 0 spiro atoms. The molecule has 3 aromatic carbocycles. The molecular formula is C20H14F3NO. The molecule has 0 radical (unpaired) electrons. The van der Waals surface area contributed by atoms with E-state index >= 15 is 0 Å². The molecule has 0 fully saturated rings. The van der Waals surface area contributed by atoms with Crippen molar-refractivity contribution in [2.75, 3.05) is 5.32 Å². The Morgan fingerprint density at radius 2 is 1.52 bits per heavy atom. The van der Waals surface area contributed by atoms with Crippen molar-refractivity contribution in [3.63, 3.8) is 0 Å². The van der Waals surface area contributed by atoms with Gasteiger partial charge in [-0.1, -0.05) is 36.4 Å². The third-order valence-corrected chi connectivity index (χ3v) is 4.22. The van der Waals surface area contributed by atoms with Crippen LogP contribution in [0.2, 0.25) is 0 Å². The number of halogens is 3. The van der Waals surface area contributed by atoms with Gasteiger partial charge in [0.15, 0.2) is 0 Å². The normalized spacial score (nSPS) is 12.4. The molecule has 0 bridgehead atoms. The standard InChI is InChI=1S/C20H14F3NO/c21-20(22,23)25-15-10-8-14(9-11-15)24-19-7-3-6-17-16-5-2-1-4-13(16)12-18(17)19/h1-11,24H,12H2. The second-order valence-corrected chi connectivity index (χ2v) is 5.86. The van der Waals surface area contributed by atoms with Crippen molar-refractivity contribution in [1.29, 1.82) is 0 Å². The molecule has 0 amide bonds. The third kappa shape index (κ3) is 3.18. The molecular weight excluding hydrogens is 327 g/mol. The van der Waals surface area contributed by atoms with Gasteiger partial charge in [-0.05, 0) is 52.6 Å². The molecule has 5 heteroatoms. The number of hydrogen-bond donors (Lipinski definition) is 1. The Kier molecular flexibility index (Phi) is 3.64. The van der Waals surface area contributed by atoms with E-state index in [2.05, 4.69) is 28.3 Å². The molecule has 4 rings (SSSR count). The second-order valence-electron chi connectivity index (χ2n) is 5.86. The molecule has 1 aliphatic carbocycles. The maximum absolute atomic E-state index is 12.2. The van der Waals surface area contributed by atoms with Crippen LogP contribution in [0.15, 0.2) is 66.7 Å². The average Bonchev–Trinajstić information content (AvgIpc) is 2.95. The van der Waals surface area contributed by atoms with Crippen LogP contribution in [0.5, 0.6) is 5.75 Å². The average molecular weight is 341 g/mol. The fourth-order valence-electron chi connectivity index (χ4n) is 3.17. The van der Waals surface area contributed by atoms with Crippen molar-refractivity contribution in [2.45, 2.75) is 12.8 Å². The van der Waals surface area contributed by atoms with E-state index in [4.69, 9.17) is 0 Å². The third-order valence-electron chi connectivity index (χ3n) is 4.22. The molecule has 0 aliphatic heterocycles. The van der Waals surface area contributed by atoms with E-state index in [-0.39, 0.29) is 5.75 Å². The van der Waals surface area contributed by atoms with Crippen LogP contribution in [-0.2, 0) is 6.42 Å². The Morgan fingerprint density at radius 3 is 2.28 bits per heavy atom. The van der Waals surface area contributed by atoms with Crippen LogP contribution >= 0.6 is 0 Å².